The molecular formula is C20H22N4O3. The average Bonchev–Trinajstić information content (AvgIpc) is 3.10. The van der Waals surface area contributed by atoms with Gasteiger partial charge in [-0.25, -0.2) is 4.68 Å². The van der Waals surface area contributed by atoms with E-state index in [0.29, 0.717) is 24.4 Å². The number of rotatable bonds is 6. The van der Waals surface area contributed by atoms with Crippen molar-refractivity contribution in [1.82, 2.24) is 15.1 Å². The van der Waals surface area contributed by atoms with Crippen LogP contribution in [0.5, 0.6) is 0 Å². The van der Waals surface area contributed by atoms with Crippen LogP contribution in [0.25, 0.3) is 11.5 Å². The van der Waals surface area contributed by atoms with Crippen molar-refractivity contribution in [2.45, 2.75) is 26.3 Å². The number of benzene rings is 1. The van der Waals surface area contributed by atoms with Crippen LogP contribution >= 0.6 is 0 Å². The fourth-order valence-corrected chi connectivity index (χ4v) is 2.72. The highest BCUT2D eigenvalue weighted by atomic mass is 16.3. The van der Waals surface area contributed by atoms with Crippen LogP contribution in [0.4, 0.5) is 5.69 Å². The van der Waals surface area contributed by atoms with Gasteiger partial charge in [0.05, 0.1) is 0 Å². The maximum Gasteiger partial charge on any atom is 0.290 e. The Labute approximate surface area is 156 Å². The Balaban J connectivity index is 1.75. The van der Waals surface area contributed by atoms with E-state index in [9.17, 15) is 9.59 Å². The summed E-state index contributed by atoms with van der Waals surface area (Å²) in [5.41, 5.74) is 6.87. The van der Waals surface area contributed by atoms with Crippen molar-refractivity contribution in [3.8, 4) is 11.5 Å². The molecule has 0 saturated carbocycles. The van der Waals surface area contributed by atoms with Gasteiger partial charge in [-0.1, -0.05) is 30.3 Å². The molecule has 3 rings (SSSR count). The zero-order chi connectivity index (χ0) is 19.4. The Kier molecular flexibility index (Phi) is 5.40. The van der Waals surface area contributed by atoms with E-state index in [2.05, 4.69) is 10.4 Å². The largest absolute Gasteiger partial charge is 0.460 e. The Morgan fingerprint density at radius 3 is 2.67 bits per heavy atom. The lowest BCUT2D eigenvalue weighted by Gasteiger charge is -2.15. The normalized spacial score (nSPS) is 11.9. The molecule has 1 atom stereocenters. The topological polar surface area (TPSA) is 103 Å². The summed E-state index contributed by atoms with van der Waals surface area (Å²) >= 11 is 0. The third-order valence-electron chi connectivity index (χ3n) is 4.26. The minimum Gasteiger partial charge on any atom is -0.460 e. The summed E-state index contributed by atoms with van der Waals surface area (Å²) in [6.07, 6.45) is 0.704. The van der Waals surface area contributed by atoms with Gasteiger partial charge in [0.25, 0.3) is 5.56 Å². The van der Waals surface area contributed by atoms with E-state index in [4.69, 9.17) is 10.2 Å². The van der Waals surface area contributed by atoms with Gasteiger partial charge in [-0.3, -0.25) is 9.59 Å². The molecule has 0 fully saturated rings. The van der Waals surface area contributed by atoms with Gasteiger partial charge < -0.3 is 15.5 Å². The SMILES string of the molecule is Cc1ccc(-c2cc(N)c(=O)n([C@H](C)C(=O)NCCc3ccccc3)n2)o1. The van der Waals surface area contributed by atoms with Crippen molar-refractivity contribution in [1.29, 1.82) is 0 Å². The number of carbonyl (C=O) groups excluding carboxylic acids is 1. The molecule has 0 unspecified atom stereocenters. The van der Waals surface area contributed by atoms with E-state index in [-0.39, 0.29) is 11.6 Å². The number of aryl methyl sites for hydroxylation is 1. The van der Waals surface area contributed by atoms with Crippen LogP contribution < -0.4 is 16.6 Å². The molecule has 3 aromatic rings. The van der Waals surface area contributed by atoms with Crippen LogP contribution in [0, 0.1) is 6.92 Å². The number of furan rings is 1. The van der Waals surface area contributed by atoms with Crippen molar-refractivity contribution in [2.75, 3.05) is 12.3 Å². The van der Waals surface area contributed by atoms with Crippen molar-refractivity contribution in [2.24, 2.45) is 0 Å². The highest BCUT2D eigenvalue weighted by molar-refractivity contribution is 5.79. The Morgan fingerprint density at radius 1 is 1.26 bits per heavy atom. The number of nitrogens with zero attached hydrogens (tertiary/aromatic N) is 2. The summed E-state index contributed by atoms with van der Waals surface area (Å²) in [6.45, 7) is 3.89. The molecule has 1 amide bonds. The smallest absolute Gasteiger partial charge is 0.290 e. The highest BCUT2D eigenvalue weighted by Crippen LogP contribution is 2.20. The molecule has 0 spiro atoms. The zero-order valence-electron chi connectivity index (χ0n) is 15.3. The quantitative estimate of drug-likeness (QED) is 0.697. The maximum atomic E-state index is 12.5. The zero-order valence-corrected chi connectivity index (χ0v) is 15.3. The summed E-state index contributed by atoms with van der Waals surface area (Å²) < 4.78 is 6.64. The number of anilines is 1. The van der Waals surface area contributed by atoms with Gasteiger partial charge in [0.15, 0.2) is 5.76 Å². The lowest BCUT2D eigenvalue weighted by Crippen LogP contribution is -2.38. The molecule has 0 bridgehead atoms. The minimum atomic E-state index is -0.799. The molecule has 0 saturated heterocycles. The lowest BCUT2D eigenvalue weighted by molar-refractivity contribution is -0.124. The van der Waals surface area contributed by atoms with Gasteiger partial charge >= 0.3 is 0 Å². The predicted octanol–water partition coefficient (Wildman–Crippen LogP) is 2.31. The molecular weight excluding hydrogens is 344 g/mol. The number of hydrogen-bond acceptors (Lipinski definition) is 5. The molecule has 3 N–H and O–H groups in total. The molecule has 0 aliphatic rings. The van der Waals surface area contributed by atoms with E-state index in [1.165, 1.54) is 6.07 Å². The molecule has 0 aliphatic carbocycles. The van der Waals surface area contributed by atoms with E-state index >= 15 is 0 Å². The van der Waals surface area contributed by atoms with Crippen molar-refractivity contribution >= 4 is 11.6 Å². The average molecular weight is 366 g/mol. The monoisotopic (exact) mass is 366 g/mol. The first-order chi connectivity index (χ1) is 13.0. The lowest BCUT2D eigenvalue weighted by atomic mass is 10.1. The first kappa shape index (κ1) is 18.4. The molecule has 2 aromatic heterocycles. The molecule has 1 aromatic carbocycles. The van der Waals surface area contributed by atoms with Crippen molar-refractivity contribution in [3.63, 3.8) is 0 Å². The molecule has 0 radical (unpaired) electrons. The molecule has 7 nitrogen and oxygen atoms in total. The van der Waals surface area contributed by atoms with Crippen LogP contribution in [-0.2, 0) is 11.2 Å². The summed E-state index contributed by atoms with van der Waals surface area (Å²) in [4.78, 5) is 24.8. The summed E-state index contributed by atoms with van der Waals surface area (Å²) in [5, 5.41) is 7.11. The van der Waals surface area contributed by atoms with Gasteiger partial charge in [-0.2, -0.15) is 5.10 Å². The van der Waals surface area contributed by atoms with Gasteiger partial charge in [0, 0.05) is 6.54 Å². The highest BCUT2D eigenvalue weighted by Gasteiger charge is 2.20. The number of nitrogen functional groups attached to an aromatic ring is 1. The molecule has 27 heavy (non-hydrogen) atoms. The number of nitrogens with one attached hydrogen (secondary N) is 1. The van der Waals surface area contributed by atoms with E-state index < -0.39 is 11.6 Å². The Hall–Kier alpha value is -3.35. The minimum absolute atomic E-state index is 0.0120. The Bertz CT molecular complexity index is 992. The van der Waals surface area contributed by atoms with Gasteiger partial charge in [0.2, 0.25) is 5.91 Å². The molecule has 0 aliphatic heterocycles. The molecule has 2 heterocycles. The van der Waals surface area contributed by atoms with Crippen molar-refractivity contribution < 1.29 is 9.21 Å². The molecule has 140 valence electrons. The van der Waals surface area contributed by atoms with Crippen LogP contribution in [0.3, 0.4) is 0 Å². The first-order valence-electron chi connectivity index (χ1n) is 8.73. The number of aromatic nitrogens is 2. The third kappa shape index (κ3) is 4.25. The van der Waals surface area contributed by atoms with E-state index in [0.717, 1.165) is 16.0 Å². The number of amides is 1. The standard InChI is InChI=1S/C20H22N4O3/c1-13-8-9-18(27-13)17-12-16(21)20(26)24(23-17)14(2)19(25)22-11-10-15-6-4-3-5-7-15/h3-9,12,14H,10-11,21H2,1-2H3,(H,22,25)/t14-/m1/s1. The van der Waals surface area contributed by atoms with Gasteiger partial charge in [-0.15, -0.1) is 0 Å². The summed E-state index contributed by atoms with van der Waals surface area (Å²) in [5.74, 6) is 0.909. The van der Waals surface area contributed by atoms with Gasteiger partial charge in [0.1, 0.15) is 23.2 Å². The Morgan fingerprint density at radius 2 is 2.00 bits per heavy atom. The summed E-state index contributed by atoms with van der Waals surface area (Å²) in [7, 11) is 0. The van der Waals surface area contributed by atoms with Crippen LogP contribution in [-0.4, -0.2) is 22.2 Å². The maximum absolute atomic E-state index is 12.5. The van der Waals surface area contributed by atoms with E-state index in [1.807, 2.05) is 37.3 Å². The first-order valence-corrected chi connectivity index (χ1v) is 8.73. The van der Waals surface area contributed by atoms with Gasteiger partial charge in [-0.05, 0) is 44.0 Å². The van der Waals surface area contributed by atoms with Crippen LogP contribution in [0.1, 0.15) is 24.3 Å². The summed E-state index contributed by atoms with van der Waals surface area (Å²) in [6, 6.07) is 14.0. The second-order valence-electron chi connectivity index (χ2n) is 6.35. The third-order valence-corrected chi connectivity index (χ3v) is 4.26. The molecule has 7 heteroatoms. The fraction of sp³-hybridized carbons (Fsp3) is 0.250. The number of hydrogen-bond donors (Lipinski definition) is 2. The van der Waals surface area contributed by atoms with Crippen molar-refractivity contribution in [3.05, 3.63) is 70.2 Å². The second kappa shape index (κ2) is 7.90. The predicted molar refractivity (Wildman–Crippen MR) is 103 cm³/mol. The van der Waals surface area contributed by atoms with Crippen LogP contribution in [0.2, 0.25) is 0 Å². The van der Waals surface area contributed by atoms with E-state index in [1.54, 1.807) is 19.1 Å². The fourth-order valence-electron chi connectivity index (χ4n) is 2.72. The van der Waals surface area contributed by atoms with Crippen LogP contribution in [0.15, 0.2) is 57.7 Å². The number of carbonyl (C=O) groups is 1. The number of nitrogens with two attached hydrogens (primary N) is 1. The second-order valence-corrected chi connectivity index (χ2v) is 6.35.